The van der Waals surface area contributed by atoms with Gasteiger partial charge in [0, 0.05) is 25.0 Å². The molecule has 136 valence electrons. The van der Waals surface area contributed by atoms with E-state index < -0.39 is 0 Å². The van der Waals surface area contributed by atoms with Crippen molar-refractivity contribution in [3.63, 3.8) is 0 Å². The van der Waals surface area contributed by atoms with Crippen LogP contribution in [-0.2, 0) is 4.79 Å². The third-order valence-electron chi connectivity index (χ3n) is 7.20. The van der Waals surface area contributed by atoms with Crippen molar-refractivity contribution < 1.29 is 4.79 Å². The number of hydrogen-bond acceptors (Lipinski definition) is 2. The highest BCUT2D eigenvalue weighted by atomic mass is 16.2. The second-order valence-electron chi connectivity index (χ2n) is 8.65. The molecule has 0 aromatic heterocycles. The summed E-state index contributed by atoms with van der Waals surface area (Å²) in [5, 5.41) is 0. The maximum atomic E-state index is 13.1. The Balaban J connectivity index is 1.36. The number of carbonyl (C=O) groups is 1. The van der Waals surface area contributed by atoms with Crippen LogP contribution in [0.3, 0.4) is 0 Å². The summed E-state index contributed by atoms with van der Waals surface area (Å²) in [5.74, 6) is 2.46. The molecule has 2 unspecified atom stereocenters. The standard InChI is InChI=1S/C22H32N2O/c1-15-5-2-3-8-20(15)16-9-11-24(12-10-16)22(25)19-13-17-6-4-7-18(14-19)21(17)23/h2-3,5,8,16-19,21H,4,6-7,9-14,23H2,1H3. The van der Waals surface area contributed by atoms with E-state index in [1.807, 2.05) is 0 Å². The predicted octanol–water partition coefficient (Wildman–Crippen LogP) is 3.85. The van der Waals surface area contributed by atoms with Crippen LogP contribution in [0.5, 0.6) is 0 Å². The summed E-state index contributed by atoms with van der Waals surface area (Å²) in [7, 11) is 0. The first-order valence-electron chi connectivity index (χ1n) is 10.2. The van der Waals surface area contributed by atoms with Crippen molar-refractivity contribution in [3.8, 4) is 0 Å². The Morgan fingerprint density at radius 3 is 2.32 bits per heavy atom. The third kappa shape index (κ3) is 3.36. The number of rotatable bonds is 2. The topological polar surface area (TPSA) is 46.3 Å². The minimum atomic E-state index is 0.241. The molecule has 1 aromatic carbocycles. The first kappa shape index (κ1) is 17.1. The molecule has 2 bridgehead atoms. The van der Waals surface area contributed by atoms with Gasteiger partial charge in [0.15, 0.2) is 0 Å². The van der Waals surface area contributed by atoms with Crippen molar-refractivity contribution in [3.05, 3.63) is 35.4 Å². The lowest BCUT2D eigenvalue weighted by Gasteiger charge is -2.45. The zero-order chi connectivity index (χ0) is 17.4. The van der Waals surface area contributed by atoms with Gasteiger partial charge in [0.1, 0.15) is 0 Å². The molecule has 0 radical (unpaired) electrons. The summed E-state index contributed by atoms with van der Waals surface area (Å²) in [5.41, 5.74) is 9.27. The van der Waals surface area contributed by atoms with E-state index in [4.69, 9.17) is 5.73 Å². The van der Waals surface area contributed by atoms with Crippen molar-refractivity contribution in [1.29, 1.82) is 0 Å². The molecule has 2 aliphatic carbocycles. The Morgan fingerprint density at radius 2 is 1.68 bits per heavy atom. The monoisotopic (exact) mass is 340 g/mol. The highest BCUT2D eigenvalue weighted by Gasteiger charge is 2.42. The van der Waals surface area contributed by atoms with Gasteiger partial charge < -0.3 is 10.6 Å². The molecule has 3 fully saturated rings. The molecule has 3 heteroatoms. The number of nitrogens with two attached hydrogens (primary N) is 1. The van der Waals surface area contributed by atoms with Gasteiger partial charge >= 0.3 is 0 Å². The average Bonchev–Trinajstić information content (AvgIpc) is 2.61. The summed E-state index contributed by atoms with van der Waals surface area (Å²) in [4.78, 5) is 15.2. The van der Waals surface area contributed by atoms with Crippen molar-refractivity contribution in [2.24, 2.45) is 23.5 Å². The highest BCUT2D eigenvalue weighted by Crippen LogP contribution is 2.43. The average molecular weight is 341 g/mol. The number of piperidine rings is 1. The Hall–Kier alpha value is -1.35. The zero-order valence-electron chi connectivity index (χ0n) is 15.5. The van der Waals surface area contributed by atoms with Crippen LogP contribution in [0.1, 0.15) is 62.0 Å². The van der Waals surface area contributed by atoms with Crippen molar-refractivity contribution in [2.45, 2.75) is 63.8 Å². The predicted molar refractivity (Wildman–Crippen MR) is 101 cm³/mol. The van der Waals surface area contributed by atoms with Gasteiger partial charge in [-0.3, -0.25) is 4.79 Å². The van der Waals surface area contributed by atoms with E-state index in [0.717, 1.165) is 38.8 Å². The molecule has 2 saturated carbocycles. The van der Waals surface area contributed by atoms with E-state index in [-0.39, 0.29) is 5.92 Å². The van der Waals surface area contributed by atoms with Crippen LogP contribution in [0.25, 0.3) is 0 Å². The fraction of sp³-hybridized carbons (Fsp3) is 0.682. The van der Waals surface area contributed by atoms with Gasteiger partial charge in [-0.2, -0.15) is 0 Å². The van der Waals surface area contributed by atoms with Gasteiger partial charge in [-0.1, -0.05) is 30.7 Å². The van der Waals surface area contributed by atoms with Crippen molar-refractivity contribution >= 4 is 5.91 Å². The maximum Gasteiger partial charge on any atom is 0.225 e. The van der Waals surface area contributed by atoms with Crippen molar-refractivity contribution in [2.75, 3.05) is 13.1 Å². The molecule has 2 N–H and O–H groups in total. The number of likely N-dealkylation sites (tertiary alicyclic amines) is 1. The molecule has 2 atom stereocenters. The lowest BCUT2D eigenvalue weighted by molar-refractivity contribution is -0.139. The van der Waals surface area contributed by atoms with Crippen LogP contribution in [0.15, 0.2) is 24.3 Å². The molecular weight excluding hydrogens is 308 g/mol. The number of nitrogens with zero attached hydrogens (tertiary/aromatic N) is 1. The van der Waals surface area contributed by atoms with Crippen LogP contribution in [0.2, 0.25) is 0 Å². The number of aryl methyl sites for hydroxylation is 1. The van der Waals surface area contributed by atoms with Gasteiger partial charge in [-0.15, -0.1) is 0 Å². The minimum absolute atomic E-state index is 0.241. The number of fused-ring (bicyclic) bond motifs is 2. The first-order chi connectivity index (χ1) is 12.1. The van der Waals surface area contributed by atoms with E-state index in [2.05, 4.69) is 36.1 Å². The van der Waals surface area contributed by atoms with E-state index in [1.54, 1.807) is 0 Å². The first-order valence-corrected chi connectivity index (χ1v) is 10.2. The Morgan fingerprint density at radius 1 is 1.04 bits per heavy atom. The molecule has 1 saturated heterocycles. The molecule has 1 heterocycles. The molecule has 1 aliphatic heterocycles. The summed E-state index contributed by atoms with van der Waals surface area (Å²) < 4.78 is 0. The number of benzene rings is 1. The Kier molecular flexibility index (Phi) is 4.86. The number of amides is 1. The van der Waals surface area contributed by atoms with E-state index in [0.29, 0.717) is 29.7 Å². The second-order valence-corrected chi connectivity index (χ2v) is 8.65. The molecule has 0 spiro atoms. The van der Waals surface area contributed by atoms with Crippen LogP contribution >= 0.6 is 0 Å². The van der Waals surface area contributed by atoms with E-state index >= 15 is 0 Å². The minimum Gasteiger partial charge on any atom is -0.342 e. The summed E-state index contributed by atoms with van der Waals surface area (Å²) in [6, 6.07) is 9.08. The summed E-state index contributed by atoms with van der Waals surface area (Å²) >= 11 is 0. The molecule has 4 rings (SSSR count). The summed E-state index contributed by atoms with van der Waals surface area (Å²) in [6.45, 7) is 4.06. The SMILES string of the molecule is Cc1ccccc1C1CCN(C(=O)C2CC3CCCC(C2)C3N)CC1. The van der Waals surface area contributed by atoms with E-state index in [1.165, 1.54) is 30.4 Å². The lowest BCUT2D eigenvalue weighted by Crippen LogP contribution is -2.50. The molecule has 1 amide bonds. The van der Waals surface area contributed by atoms with Crippen molar-refractivity contribution in [1.82, 2.24) is 4.90 Å². The number of hydrogen-bond donors (Lipinski definition) is 1. The highest BCUT2D eigenvalue weighted by molar-refractivity contribution is 5.79. The second kappa shape index (κ2) is 7.11. The number of carbonyl (C=O) groups excluding carboxylic acids is 1. The fourth-order valence-electron chi connectivity index (χ4n) is 5.70. The molecule has 3 aliphatic rings. The fourth-order valence-corrected chi connectivity index (χ4v) is 5.70. The largest absolute Gasteiger partial charge is 0.342 e. The third-order valence-corrected chi connectivity index (χ3v) is 7.20. The zero-order valence-corrected chi connectivity index (χ0v) is 15.5. The van der Waals surface area contributed by atoms with Crippen LogP contribution in [0.4, 0.5) is 0 Å². The van der Waals surface area contributed by atoms with Crippen LogP contribution in [0, 0.1) is 24.7 Å². The van der Waals surface area contributed by atoms with Gasteiger partial charge in [-0.25, -0.2) is 0 Å². The smallest absolute Gasteiger partial charge is 0.225 e. The Bertz CT molecular complexity index is 606. The van der Waals surface area contributed by atoms with E-state index in [9.17, 15) is 4.79 Å². The van der Waals surface area contributed by atoms with Crippen LogP contribution in [-0.4, -0.2) is 29.9 Å². The maximum absolute atomic E-state index is 13.1. The van der Waals surface area contributed by atoms with Crippen LogP contribution < -0.4 is 5.73 Å². The van der Waals surface area contributed by atoms with Gasteiger partial charge in [0.05, 0.1) is 0 Å². The quantitative estimate of drug-likeness (QED) is 0.889. The molecule has 3 nitrogen and oxygen atoms in total. The Labute approximate surface area is 152 Å². The van der Waals surface area contributed by atoms with Gasteiger partial charge in [0.2, 0.25) is 5.91 Å². The van der Waals surface area contributed by atoms with Gasteiger partial charge in [0.25, 0.3) is 0 Å². The van der Waals surface area contributed by atoms with Gasteiger partial charge in [-0.05, 0) is 74.3 Å². The lowest BCUT2D eigenvalue weighted by atomic mass is 9.65. The summed E-state index contributed by atoms with van der Waals surface area (Å²) in [6.07, 6.45) is 8.06. The molecular formula is C22H32N2O. The normalized spacial score (nSPS) is 33.3. The molecule has 1 aromatic rings. The molecule has 25 heavy (non-hydrogen) atoms.